The van der Waals surface area contributed by atoms with Crippen LogP contribution in [-0.4, -0.2) is 73.3 Å². The molecule has 14 heteroatoms. The van der Waals surface area contributed by atoms with E-state index >= 15 is 0 Å². The Morgan fingerprint density at radius 3 is 2.55 bits per heavy atom. The molecule has 0 spiro atoms. The molecule has 2 atom stereocenters. The van der Waals surface area contributed by atoms with Crippen molar-refractivity contribution >= 4 is 35.1 Å². The lowest BCUT2D eigenvalue weighted by Gasteiger charge is -2.49. The summed E-state index contributed by atoms with van der Waals surface area (Å²) < 4.78 is 38.7. The number of aliphatic carboxylic acids is 1. The summed E-state index contributed by atoms with van der Waals surface area (Å²) in [5.41, 5.74) is 0.526. The van der Waals surface area contributed by atoms with Gasteiger partial charge < -0.3 is 24.4 Å². The van der Waals surface area contributed by atoms with E-state index in [-0.39, 0.29) is 60.5 Å². The maximum Gasteiger partial charge on any atom is 0.408 e. The second-order valence-corrected chi connectivity index (χ2v) is 9.63. The minimum Gasteiger partial charge on any atom is -0.478 e. The van der Waals surface area contributed by atoms with Gasteiger partial charge in [-0.15, -0.1) is 0 Å². The van der Waals surface area contributed by atoms with E-state index in [2.05, 4.69) is 10.1 Å². The lowest BCUT2D eigenvalue weighted by atomic mass is 9.82. The van der Waals surface area contributed by atoms with Crippen LogP contribution in [0.5, 0.6) is 5.88 Å². The number of benzene rings is 1. The van der Waals surface area contributed by atoms with Gasteiger partial charge in [-0.1, -0.05) is 16.8 Å². The largest absolute Gasteiger partial charge is 0.478 e. The Labute approximate surface area is 230 Å². The summed E-state index contributed by atoms with van der Waals surface area (Å²) >= 11 is 5.87. The standard InChI is InChI=1S/C26H21ClF2N4O7/c1-12(34)32-9-14-6-16(22(25(35)36)20(10-32)33(14)26(37)38)13-2-5-21(30-8-13)39-11-15-7-19(31-40-15)23-17(28)3-4-18(29)24(23)27/h2-5,7-8,14,20H,6,9-11H2,1H3,(H,35,36)(H,37,38)/t14-,20-/m1/s1. The van der Waals surface area contributed by atoms with Gasteiger partial charge in [0.05, 0.1) is 28.2 Å². The highest BCUT2D eigenvalue weighted by atomic mass is 35.5. The average molecular weight is 575 g/mol. The fourth-order valence-corrected chi connectivity index (χ4v) is 5.30. The van der Waals surface area contributed by atoms with Crippen molar-refractivity contribution in [3.05, 3.63) is 70.1 Å². The first kappa shape index (κ1) is 27.1. The van der Waals surface area contributed by atoms with Gasteiger partial charge in [-0.3, -0.25) is 9.69 Å². The molecule has 2 aliphatic heterocycles. The molecule has 5 rings (SSSR count). The molecule has 2 amide bonds. The number of halogens is 3. The van der Waals surface area contributed by atoms with Gasteiger partial charge in [-0.25, -0.2) is 23.4 Å². The molecule has 4 heterocycles. The third-order valence-electron chi connectivity index (χ3n) is 6.85. The van der Waals surface area contributed by atoms with Crippen LogP contribution in [0.1, 0.15) is 24.7 Å². The summed E-state index contributed by atoms with van der Waals surface area (Å²) in [4.78, 5) is 43.0. The molecule has 2 aliphatic rings. The number of aromatic nitrogens is 2. The molecule has 2 N–H and O–H groups in total. The van der Waals surface area contributed by atoms with E-state index in [1.54, 1.807) is 6.07 Å². The quantitative estimate of drug-likeness (QED) is 0.416. The number of hydrogen-bond donors (Lipinski definition) is 2. The number of pyridine rings is 1. The van der Waals surface area contributed by atoms with Crippen molar-refractivity contribution in [2.45, 2.75) is 32.0 Å². The first-order valence-electron chi connectivity index (χ1n) is 12.0. The fourth-order valence-electron chi connectivity index (χ4n) is 5.05. The summed E-state index contributed by atoms with van der Waals surface area (Å²) in [6.07, 6.45) is 0.239. The molecule has 1 fully saturated rings. The molecule has 208 valence electrons. The highest BCUT2D eigenvalue weighted by Crippen LogP contribution is 2.39. The molecule has 0 aliphatic carbocycles. The highest BCUT2D eigenvalue weighted by Gasteiger charge is 2.47. The average Bonchev–Trinajstić information content (AvgIpc) is 3.37. The first-order chi connectivity index (χ1) is 19.0. The SMILES string of the molecule is CC(=O)N1C[C@H]2CC(c3ccc(OCc4cc(-c5c(F)ccc(F)c5Cl)no4)nc3)=C(C(=O)O)[C@@H](C1)N2C(=O)O. The van der Waals surface area contributed by atoms with Gasteiger partial charge in [-0.2, -0.15) is 0 Å². The normalized spacial score (nSPS) is 18.6. The second kappa shape index (κ2) is 10.6. The molecular formula is C26H21ClF2N4O7. The molecule has 2 aromatic heterocycles. The minimum absolute atomic E-state index is 0.0152. The summed E-state index contributed by atoms with van der Waals surface area (Å²) in [6, 6.07) is 4.63. The Kier molecular flexibility index (Phi) is 7.15. The van der Waals surface area contributed by atoms with Crippen molar-refractivity contribution in [3.63, 3.8) is 0 Å². The van der Waals surface area contributed by atoms with E-state index in [0.29, 0.717) is 11.1 Å². The maximum atomic E-state index is 14.2. The topological polar surface area (TPSA) is 146 Å². The third kappa shape index (κ3) is 4.95. The summed E-state index contributed by atoms with van der Waals surface area (Å²) in [5.74, 6) is -2.80. The van der Waals surface area contributed by atoms with Crippen LogP contribution in [0, 0.1) is 11.6 Å². The molecule has 1 saturated heterocycles. The van der Waals surface area contributed by atoms with E-state index in [0.717, 1.165) is 17.0 Å². The van der Waals surface area contributed by atoms with E-state index in [1.807, 2.05) is 0 Å². The van der Waals surface area contributed by atoms with Gasteiger partial charge in [0.15, 0.2) is 12.4 Å². The van der Waals surface area contributed by atoms with Crippen LogP contribution < -0.4 is 4.74 Å². The Morgan fingerprint density at radius 1 is 1.15 bits per heavy atom. The number of carboxylic acid groups (broad SMARTS) is 2. The van der Waals surface area contributed by atoms with Crippen molar-refractivity contribution < 1.29 is 42.6 Å². The Bertz CT molecular complexity index is 1540. The first-order valence-corrected chi connectivity index (χ1v) is 12.3. The fraction of sp³-hybridized carbons (Fsp3) is 0.269. The van der Waals surface area contributed by atoms with E-state index in [4.69, 9.17) is 20.9 Å². The van der Waals surface area contributed by atoms with Gasteiger partial charge in [0, 0.05) is 38.3 Å². The van der Waals surface area contributed by atoms with E-state index in [9.17, 15) is 33.4 Å². The van der Waals surface area contributed by atoms with Gasteiger partial charge in [-0.05, 0) is 35.8 Å². The molecule has 1 aromatic carbocycles. The van der Waals surface area contributed by atoms with Crippen LogP contribution in [0.4, 0.5) is 13.6 Å². The van der Waals surface area contributed by atoms with Crippen LogP contribution in [0.25, 0.3) is 16.8 Å². The van der Waals surface area contributed by atoms with Crippen molar-refractivity contribution in [1.29, 1.82) is 0 Å². The number of carbonyl (C=O) groups is 3. The minimum atomic E-state index is -1.29. The number of rotatable bonds is 6. The van der Waals surface area contributed by atoms with Crippen LogP contribution in [0.15, 0.2) is 46.6 Å². The number of hydrogen-bond acceptors (Lipinski definition) is 7. The second-order valence-electron chi connectivity index (χ2n) is 9.26. The summed E-state index contributed by atoms with van der Waals surface area (Å²) in [5, 5.41) is 23.0. The molecule has 0 unspecified atom stereocenters. The molecule has 0 saturated carbocycles. The molecule has 0 radical (unpaired) electrons. The number of carbonyl (C=O) groups excluding carboxylic acids is 1. The van der Waals surface area contributed by atoms with Crippen LogP contribution in [0.2, 0.25) is 5.02 Å². The molecule has 11 nitrogen and oxygen atoms in total. The lowest BCUT2D eigenvalue weighted by molar-refractivity contribution is -0.137. The number of fused-ring (bicyclic) bond motifs is 2. The number of amides is 2. The van der Waals surface area contributed by atoms with Crippen molar-refractivity contribution in [3.8, 4) is 17.1 Å². The zero-order valence-electron chi connectivity index (χ0n) is 20.8. The van der Waals surface area contributed by atoms with Crippen LogP contribution >= 0.6 is 11.6 Å². The lowest BCUT2D eigenvalue weighted by Crippen LogP contribution is -2.64. The third-order valence-corrected chi connectivity index (χ3v) is 7.22. The molecule has 3 aromatic rings. The summed E-state index contributed by atoms with van der Waals surface area (Å²) in [6.45, 7) is 1.28. The summed E-state index contributed by atoms with van der Waals surface area (Å²) in [7, 11) is 0. The van der Waals surface area contributed by atoms with Crippen molar-refractivity contribution in [2.75, 3.05) is 13.1 Å². The number of carboxylic acids is 1. The van der Waals surface area contributed by atoms with E-state index in [1.165, 1.54) is 30.2 Å². The predicted octanol–water partition coefficient (Wildman–Crippen LogP) is 4.07. The Balaban J connectivity index is 1.35. The van der Waals surface area contributed by atoms with Gasteiger partial charge in [0.1, 0.15) is 17.3 Å². The number of piperazine rings is 1. The molecule has 40 heavy (non-hydrogen) atoms. The van der Waals surface area contributed by atoms with Crippen molar-refractivity contribution in [2.24, 2.45) is 0 Å². The zero-order valence-corrected chi connectivity index (χ0v) is 21.6. The van der Waals surface area contributed by atoms with Gasteiger partial charge in [0.25, 0.3) is 0 Å². The van der Waals surface area contributed by atoms with Crippen LogP contribution in [0.3, 0.4) is 0 Å². The monoisotopic (exact) mass is 574 g/mol. The number of ether oxygens (including phenoxy) is 1. The molecule has 2 bridgehead atoms. The van der Waals surface area contributed by atoms with E-state index < -0.39 is 40.8 Å². The Morgan fingerprint density at radius 2 is 1.90 bits per heavy atom. The smallest absolute Gasteiger partial charge is 0.408 e. The maximum absolute atomic E-state index is 14.2. The van der Waals surface area contributed by atoms with Gasteiger partial charge >= 0.3 is 12.1 Å². The predicted molar refractivity (Wildman–Crippen MR) is 134 cm³/mol. The highest BCUT2D eigenvalue weighted by molar-refractivity contribution is 6.33. The number of nitrogens with zero attached hydrogens (tertiary/aromatic N) is 4. The van der Waals surface area contributed by atoms with Crippen molar-refractivity contribution in [1.82, 2.24) is 19.9 Å². The Hall–Kier alpha value is -4.52. The van der Waals surface area contributed by atoms with Crippen LogP contribution in [-0.2, 0) is 16.2 Å². The van der Waals surface area contributed by atoms with Gasteiger partial charge in [0.2, 0.25) is 11.8 Å². The molecular weight excluding hydrogens is 554 g/mol. The zero-order chi connectivity index (χ0) is 28.7.